The van der Waals surface area contributed by atoms with E-state index in [9.17, 15) is 4.79 Å². The number of allylic oxidation sites excluding steroid dienone is 1. The first kappa shape index (κ1) is 18.0. The van der Waals surface area contributed by atoms with E-state index in [1.165, 1.54) is 7.11 Å². The van der Waals surface area contributed by atoms with Gasteiger partial charge in [0.15, 0.2) is 0 Å². The lowest BCUT2D eigenvalue weighted by Gasteiger charge is -2.38. The largest absolute Gasteiger partial charge is 0.465 e. The van der Waals surface area contributed by atoms with Gasteiger partial charge in [-0.25, -0.2) is 4.79 Å². The summed E-state index contributed by atoms with van der Waals surface area (Å²) in [6.07, 6.45) is 1.74. The van der Waals surface area contributed by atoms with Gasteiger partial charge in [0.2, 0.25) is 0 Å². The molecule has 0 spiro atoms. The van der Waals surface area contributed by atoms with E-state index in [0.29, 0.717) is 22.2 Å². The Balaban J connectivity index is 5.66. The molecule has 0 aromatic rings. The molecule has 0 N–H and O–H groups in total. The topological polar surface area (TPSA) is 26.3 Å². The predicted molar refractivity (Wildman–Crippen MR) is 84.6 cm³/mol. The zero-order valence-corrected chi connectivity index (χ0v) is 14.6. The molecule has 0 saturated heterocycles. The van der Waals surface area contributed by atoms with Crippen molar-refractivity contribution in [1.82, 2.24) is 0 Å². The van der Waals surface area contributed by atoms with Crippen LogP contribution in [-0.4, -0.2) is 21.2 Å². The van der Waals surface area contributed by atoms with Crippen LogP contribution in [0.2, 0.25) is 16.6 Å². The fraction of sp³-hybridized carbons (Fsp3) is 0.688. The van der Waals surface area contributed by atoms with Gasteiger partial charge in [-0.2, -0.15) is 0 Å². The number of esters is 1. The predicted octanol–water partition coefficient (Wildman–Crippen LogP) is 4.33. The van der Waals surface area contributed by atoms with Crippen molar-refractivity contribution in [3.8, 4) is 11.5 Å². The highest BCUT2D eigenvalue weighted by Crippen LogP contribution is 2.40. The molecule has 108 valence electrons. The van der Waals surface area contributed by atoms with Gasteiger partial charge in [-0.1, -0.05) is 53.5 Å². The summed E-state index contributed by atoms with van der Waals surface area (Å²) in [6.45, 7) is 15.4. The standard InChI is InChI=1S/C16H28O2Si/c1-9-15(16(17)18-8)10-11-19(12(2)3,13(4)5)14(6)7/h9,12-14H,1-8H3. The molecule has 0 fully saturated rings. The fourth-order valence-corrected chi connectivity index (χ4v) is 8.18. The van der Waals surface area contributed by atoms with Crippen LogP contribution >= 0.6 is 0 Å². The molecule has 3 heteroatoms. The minimum absolute atomic E-state index is 0.339. The zero-order valence-electron chi connectivity index (χ0n) is 13.6. The highest BCUT2D eigenvalue weighted by Gasteiger charge is 2.41. The molecule has 0 aromatic carbocycles. The Hall–Kier alpha value is -1.01. The van der Waals surface area contributed by atoms with Crippen molar-refractivity contribution in [2.75, 3.05) is 7.11 Å². The van der Waals surface area contributed by atoms with Crippen molar-refractivity contribution in [3.63, 3.8) is 0 Å². The molecule has 0 aliphatic heterocycles. The maximum atomic E-state index is 11.6. The lowest BCUT2D eigenvalue weighted by Crippen LogP contribution is -2.43. The Morgan fingerprint density at radius 2 is 1.47 bits per heavy atom. The van der Waals surface area contributed by atoms with Crippen LogP contribution in [0.4, 0.5) is 0 Å². The van der Waals surface area contributed by atoms with Crippen LogP contribution in [0.25, 0.3) is 0 Å². The van der Waals surface area contributed by atoms with E-state index in [2.05, 4.69) is 53.0 Å². The number of methoxy groups -OCH3 is 1. The van der Waals surface area contributed by atoms with E-state index in [-0.39, 0.29) is 5.97 Å². The minimum atomic E-state index is -1.77. The Morgan fingerprint density at radius 3 is 1.74 bits per heavy atom. The first-order valence-electron chi connectivity index (χ1n) is 7.01. The summed E-state index contributed by atoms with van der Waals surface area (Å²) in [5.74, 6) is 2.76. The van der Waals surface area contributed by atoms with Crippen molar-refractivity contribution in [3.05, 3.63) is 11.6 Å². The fourth-order valence-electron chi connectivity index (χ4n) is 2.96. The van der Waals surface area contributed by atoms with E-state index in [1.807, 2.05) is 6.92 Å². The molecule has 0 aliphatic rings. The Labute approximate surface area is 119 Å². The SMILES string of the molecule is CC=C(C#C[Si](C(C)C)(C(C)C)C(C)C)C(=O)OC. The average Bonchev–Trinajstić information content (AvgIpc) is 2.32. The summed E-state index contributed by atoms with van der Waals surface area (Å²) < 4.78 is 4.76. The summed E-state index contributed by atoms with van der Waals surface area (Å²) in [7, 11) is -0.381. The zero-order chi connectivity index (χ0) is 15.2. The van der Waals surface area contributed by atoms with E-state index >= 15 is 0 Å². The maximum absolute atomic E-state index is 11.6. The molecule has 0 aliphatic carbocycles. The van der Waals surface area contributed by atoms with Gasteiger partial charge in [0, 0.05) is 0 Å². The van der Waals surface area contributed by atoms with Gasteiger partial charge in [-0.3, -0.25) is 0 Å². The van der Waals surface area contributed by atoms with Crippen LogP contribution in [0.15, 0.2) is 11.6 Å². The van der Waals surface area contributed by atoms with E-state index in [0.717, 1.165) is 0 Å². The number of carbonyl (C=O) groups is 1. The summed E-state index contributed by atoms with van der Waals surface area (Å²) in [4.78, 5) is 11.6. The molecule has 2 nitrogen and oxygen atoms in total. The van der Waals surface area contributed by atoms with Crippen LogP contribution < -0.4 is 0 Å². The second kappa shape index (κ2) is 7.55. The third-order valence-corrected chi connectivity index (χ3v) is 10.3. The van der Waals surface area contributed by atoms with Gasteiger partial charge in [0.1, 0.15) is 13.6 Å². The molecular weight excluding hydrogens is 252 g/mol. The molecule has 0 rings (SSSR count). The van der Waals surface area contributed by atoms with Gasteiger partial charge in [-0.05, 0) is 23.5 Å². The van der Waals surface area contributed by atoms with Crippen LogP contribution in [0, 0.1) is 11.5 Å². The highest BCUT2D eigenvalue weighted by molar-refractivity contribution is 6.90. The van der Waals surface area contributed by atoms with Crippen LogP contribution in [-0.2, 0) is 9.53 Å². The van der Waals surface area contributed by atoms with Gasteiger partial charge < -0.3 is 4.74 Å². The van der Waals surface area contributed by atoms with Gasteiger partial charge in [0.25, 0.3) is 0 Å². The van der Waals surface area contributed by atoms with Crippen molar-refractivity contribution in [2.45, 2.75) is 65.1 Å². The lowest BCUT2D eigenvalue weighted by atomic mass is 10.3. The van der Waals surface area contributed by atoms with Crippen LogP contribution in [0.5, 0.6) is 0 Å². The summed E-state index contributed by atoms with van der Waals surface area (Å²) >= 11 is 0. The average molecular weight is 280 g/mol. The van der Waals surface area contributed by atoms with Gasteiger partial charge >= 0.3 is 5.97 Å². The van der Waals surface area contributed by atoms with Crippen LogP contribution in [0.3, 0.4) is 0 Å². The molecule has 0 bridgehead atoms. The quantitative estimate of drug-likeness (QED) is 0.332. The van der Waals surface area contributed by atoms with Crippen molar-refractivity contribution >= 4 is 14.0 Å². The van der Waals surface area contributed by atoms with Gasteiger partial charge in [0.05, 0.1) is 7.11 Å². The van der Waals surface area contributed by atoms with E-state index < -0.39 is 8.07 Å². The molecule has 0 amide bonds. The van der Waals surface area contributed by atoms with Crippen molar-refractivity contribution < 1.29 is 9.53 Å². The third kappa shape index (κ3) is 3.97. The smallest absolute Gasteiger partial charge is 0.346 e. The molecule has 0 heterocycles. The molecule has 0 saturated carbocycles. The number of hydrogen-bond acceptors (Lipinski definition) is 2. The second-order valence-electron chi connectivity index (χ2n) is 5.84. The minimum Gasteiger partial charge on any atom is -0.465 e. The Kier molecular flexibility index (Phi) is 7.14. The number of carbonyl (C=O) groups excluding carboxylic acids is 1. The summed E-state index contributed by atoms with van der Waals surface area (Å²) in [5.41, 5.74) is 5.69. The summed E-state index contributed by atoms with van der Waals surface area (Å²) in [5, 5.41) is 0. The molecular formula is C16H28O2Si. The first-order chi connectivity index (χ1) is 8.73. The molecule has 0 atom stereocenters. The van der Waals surface area contributed by atoms with Crippen molar-refractivity contribution in [2.24, 2.45) is 0 Å². The molecule has 0 radical (unpaired) electrons. The maximum Gasteiger partial charge on any atom is 0.346 e. The Morgan fingerprint density at radius 1 is 1.05 bits per heavy atom. The van der Waals surface area contributed by atoms with Crippen molar-refractivity contribution in [1.29, 1.82) is 0 Å². The first-order valence-corrected chi connectivity index (χ1v) is 9.24. The summed E-state index contributed by atoms with van der Waals surface area (Å²) in [6, 6.07) is 0. The normalized spacial score (nSPS) is 12.7. The number of ether oxygens (including phenoxy) is 1. The Bertz CT molecular complexity index is 373. The van der Waals surface area contributed by atoms with E-state index in [4.69, 9.17) is 4.74 Å². The van der Waals surface area contributed by atoms with Gasteiger partial charge in [-0.15, -0.1) is 5.54 Å². The monoisotopic (exact) mass is 280 g/mol. The number of hydrogen-bond donors (Lipinski definition) is 0. The lowest BCUT2D eigenvalue weighted by molar-refractivity contribution is -0.135. The second-order valence-corrected chi connectivity index (χ2v) is 11.4. The van der Waals surface area contributed by atoms with E-state index in [1.54, 1.807) is 6.08 Å². The third-order valence-electron chi connectivity index (χ3n) is 3.97. The molecule has 0 aromatic heterocycles. The van der Waals surface area contributed by atoms with Crippen LogP contribution in [0.1, 0.15) is 48.5 Å². The molecule has 19 heavy (non-hydrogen) atoms. The molecule has 0 unspecified atom stereocenters. The number of rotatable bonds is 4. The highest BCUT2D eigenvalue weighted by atomic mass is 28.3.